The summed E-state index contributed by atoms with van der Waals surface area (Å²) in [6.45, 7) is 5.14. The smallest absolute Gasteiger partial charge is 0.236 e. The first kappa shape index (κ1) is 15.3. The van der Waals surface area contributed by atoms with Crippen molar-refractivity contribution in [2.75, 3.05) is 26.2 Å². The summed E-state index contributed by atoms with van der Waals surface area (Å²) in [5, 5.41) is 0. The average Bonchev–Trinajstić information content (AvgIpc) is 2.48. The van der Waals surface area contributed by atoms with Crippen molar-refractivity contribution in [1.82, 2.24) is 9.80 Å². The second kappa shape index (κ2) is 7.07. The van der Waals surface area contributed by atoms with Gasteiger partial charge in [-0.15, -0.1) is 0 Å². The Balaban J connectivity index is 1.81. The maximum atomic E-state index is 12.4. The van der Waals surface area contributed by atoms with Gasteiger partial charge in [-0.25, -0.2) is 0 Å². The minimum atomic E-state index is -0.223. The lowest BCUT2D eigenvalue weighted by molar-refractivity contribution is -0.136. The number of amides is 2. The lowest BCUT2D eigenvalue weighted by atomic mass is 9.96. The highest BCUT2D eigenvalue weighted by Gasteiger charge is 2.28. The molecule has 2 rings (SSSR count). The van der Waals surface area contributed by atoms with Crippen molar-refractivity contribution >= 4 is 11.8 Å². The van der Waals surface area contributed by atoms with E-state index in [0.717, 1.165) is 25.8 Å². The number of carbonyl (C=O) groups is 2. The molecule has 5 nitrogen and oxygen atoms in total. The van der Waals surface area contributed by atoms with Crippen LogP contribution in [0.25, 0.3) is 0 Å². The van der Waals surface area contributed by atoms with Gasteiger partial charge in [0.05, 0.1) is 6.54 Å². The van der Waals surface area contributed by atoms with Crippen LogP contribution in [0.3, 0.4) is 0 Å². The molecule has 0 aromatic carbocycles. The predicted molar refractivity (Wildman–Crippen MR) is 78.0 cm³/mol. The Morgan fingerprint density at radius 3 is 2.40 bits per heavy atom. The zero-order chi connectivity index (χ0) is 14.5. The van der Waals surface area contributed by atoms with Gasteiger partial charge in [0.25, 0.3) is 0 Å². The highest BCUT2D eigenvalue weighted by Crippen LogP contribution is 2.21. The van der Waals surface area contributed by atoms with Gasteiger partial charge in [0, 0.05) is 25.0 Å². The van der Waals surface area contributed by atoms with Crippen molar-refractivity contribution < 1.29 is 9.59 Å². The molecule has 0 saturated carbocycles. The topological polar surface area (TPSA) is 66.6 Å². The van der Waals surface area contributed by atoms with Crippen molar-refractivity contribution in [1.29, 1.82) is 0 Å². The maximum absolute atomic E-state index is 12.4. The quantitative estimate of drug-likeness (QED) is 0.835. The fraction of sp³-hybridized carbons (Fsp3) is 0.867. The molecule has 2 fully saturated rings. The van der Waals surface area contributed by atoms with Gasteiger partial charge in [0.2, 0.25) is 11.8 Å². The first-order valence-corrected chi connectivity index (χ1v) is 7.93. The lowest BCUT2D eigenvalue weighted by Gasteiger charge is -2.37. The van der Waals surface area contributed by atoms with Crippen molar-refractivity contribution in [3.8, 4) is 0 Å². The highest BCUT2D eigenvalue weighted by molar-refractivity contribution is 5.80. The molecule has 0 radical (unpaired) electrons. The molecule has 2 amide bonds. The average molecular weight is 281 g/mol. The Hall–Kier alpha value is -1.10. The van der Waals surface area contributed by atoms with E-state index in [2.05, 4.69) is 11.8 Å². The normalized spacial score (nSPS) is 25.6. The summed E-state index contributed by atoms with van der Waals surface area (Å²) in [5.74, 6) is -0.0510. The number of hydrogen-bond donors (Lipinski definition) is 1. The SMILES string of the molecule is CCC1CCCCN1CC(=O)N1CCC(C(N)=O)CC1. The molecular weight excluding hydrogens is 254 g/mol. The standard InChI is InChI=1S/C15H27N3O2/c1-2-13-5-3-4-8-18(13)11-14(19)17-9-6-12(7-10-17)15(16)20/h12-13H,2-11H2,1H3,(H2,16,20). The molecule has 2 N–H and O–H groups in total. The maximum Gasteiger partial charge on any atom is 0.236 e. The van der Waals surface area contributed by atoms with Gasteiger partial charge in [-0.1, -0.05) is 13.3 Å². The van der Waals surface area contributed by atoms with E-state index in [4.69, 9.17) is 5.73 Å². The summed E-state index contributed by atoms with van der Waals surface area (Å²) < 4.78 is 0. The number of rotatable bonds is 4. The lowest BCUT2D eigenvalue weighted by Crippen LogP contribution is -2.49. The number of hydrogen-bond acceptors (Lipinski definition) is 3. The molecule has 1 unspecified atom stereocenters. The van der Waals surface area contributed by atoms with Crippen LogP contribution in [0.5, 0.6) is 0 Å². The molecule has 114 valence electrons. The molecule has 2 aliphatic heterocycles. The molecule has 0 bridgehead atoms. The Morgan fingerprint density at radius 1 is 1.10 bits per heavy atom. The Labute approximate surface area is 121 Å². The third kappa shape index (κ3) is 3.72. The number of primary amides is 1. The Kier molecular flexibility index (Phi) is 5.40. The summed E-state index contributed by atoms with van der Waals surface area (Å²) in [4.78, 5) is 27.8. The monoisotopic (exact) mass is 281 g/mol. The number of likely N-dealkylation sites (tertiary alicyclic amines) is 2. The van der Waals surface area contributed by atoms with Crippen LogP contribution in [0, 0.1) is 5.92 Å². The molecule has 0 aromatic rings. The summed E-state index contributed by atoms with van der Waals surface area (Å²) in [7, 11) is 0. The highest BCUT2D eigenvalue weighted by atomic mass is 16.2. The van der Waals surface area contributed by atoms with Gasteiger partial charge in [0.1, 0.15) is 0 Å². The van der Waals surface area contributed by atoms with E-state index in [-0.39, 0.29) is 17.7 Å². The van der Waals surface area contributed by atoms with E-state index in [1.54, 1.807) is 0 Å². The van der Waals surface area contributed by atoms with Gasteiger partial charge >= 0.3 is 0 Å². The van der Waals surface area contributed by atoms with Crippen molar-refractivity contribution in [2.24, 2.45) is 11.7 Å². The van der Waals surface area contributed by atoms with Gasteiger partial charge in [-0.2, -0.15) is 0 Å². The zero-order valence-electron chi connectivity index (χ0n) is 12.5. The molecule has 2 saturated heterocycles. The first-order valence-electron chi connectivity index (χ1n) is 7.93. The van der Waals surface area contributed by atoms with Crippen molar-refractivity contribution in [2.45, 2.75) is 51.5 Å². The fourth-order valence-electron chi connectivity index (χ4n) is 3.42. The predicted octanol–water partition coefficient (Wildman–Crippen LogP) is 0.975. The van der Waals surface area contributed by atoms with Crippen LogP contribution in [0.2, 0.25) is 0 Å². The fourth-order valence-corrected chi connectivity index (χ4v) is 3.42. The van der Waals surface area contributed by atoms with Crippen LogP contribution in [0.4, 0.5) is 0 Å². The molecule has 1 atom stereocenters. The summed E-state index contributed by atoms with van der Waals surface area (Å²) in [6, 6.07) is 0.566. The van der Waals surface area contributed by atoms with E-state index < -0.39 is 0 Å². The first-order chi connectivity index (χ1) is 9.61. The van der Waals surface area contributed by atoms with Crippen LogP contribution in [0.15, 0.2) is 0 Å². The van der Waals surface area contributed by atoms with E-state index in [1.165, 1.54) is 19.3 Å². The number of nitrogens with two attached hydrogens (primary N) is 1. The van der Waals surface area contributed by atoms with Crippen LogP contribution in [0.1, 0.15) is 45.4 Å². The van der Waals surface area contributed by atoms with Gasteiger partial charge in [0.15, 0.2) is 0 Å². The van der Waals surface area contributed by atoms with Crippen LogP contribution in [-0.4, -0.2) is 53.8 Å². The second-order valence-electron chi connectivity index (χ2n) is 6.09. The third-order valence-electron chi connectivity index (χ3n) is 4.81. The largest absolute Gasteiger partial charge is 0.369 e. The molecule has 0 spiro atoms. The van der Waals surface area contributed by atoms with Gasteiger partial charge in [-0.05, 0) is 38.6 Å². The van der Waals surface area contributed by atoms with E-state index in [0.29, 0.717) is 25.7 Å². The van der Waals surface area contributed by atoms with Gasteiger partial charge in [-0.3, -0.25) is 14.5 Å². The summed E-state index contributed by atoms with van der Waals surface area (Å²) >= 11 is 0. The molecule has 20 heavy (non-hydrogen) atoms. The minimum Gasteiger partial charge on any atom is -0.369 e. The van der Waals surface area contributed by atoms with Crippen LogP contribution in [-0.2, 0) is 9.59 Å². The van der Waals surface area contributed by atoms with Crippen molar-refractivity contribution in [3.05, 3.63) is 0 Å². The summed E-state index contributed by atoms with van der Waals surface area (Å²) in [5.41, 5.74) is 5.32. The molecular formula is C15H27N3O2. The van der Waals surface area contributed by atoms with E-state index in [1.807, 2.05) is 4.90 Å². The number of carbonyl (C=O) groups excluding carboxylic acids is 2. The molecule has 0 aromatic heterocycles. The minimum absolute atomic E-state index is 0.0440. The van der Waals surface area contributed by atoms with Crippen LogP contribution >= 0.6 is 0 Å². The summed E-state index contributed by atoms with van der Waals surface area (Å²) in [6.07, 6.45) is 6.27. The van der Waals surface area contributed by atoms with Gasteiger partial charge < -0.3 is 10.6 Å². The zero-order valence-corrected chi connectivity index (χ0v) is 12.5. The number of piperidine rings is 2. The molecule has 0 aliphatic carbocycles. The second-order valence-corrected chi connectivity index (χ2v) is 6.09. The molecule has 2 heterocycles. The van der Waals surface area contributed by atoms with Crippen LogP contribution < -0.4 is 5.73 Å². The third-order valence-corrected chi connectivity index (χ3v) is 4.81. The van der Waals surface area contributed by atoms with E-state index >= 15 is 0 Å². The van der Waals surface area contributed by atoms with E-state index in [9.17, 15) is 9.59 Å². The van der Waals surface area contributed by atoms with Crippen molar-refractivity contribution in [3.63, 3.8) is 0 Å². The Bertz CT molecular complexity index is 351. The number of nitrogens with zero attached hydrogens (tertiary/aromatic N) is 2. The molecule has 5 heteroatoms. The Morgan fingerprint density at radius 2 is 1.80 bits per heavy atom. The molecule has 2 aliphatic rings.